The van der Waals surface area contributed by atoms with Gasteiger partial charge in [0.2, 0.25) is 0 Å². The monoisotopic (exact) mass is 323 g/mol. The van der Waals surface area contributed by atoms with Crippen molar-refractivity contribution in [3.8, 4) is 17.0 Å². The van der Waals surface area contributed by atoms with E-state index in [0.717, 1.165) is 27.4 Å². The Morgan fingerprint density at radius 1 is 1.32 bits per heavy atom. The summed E-state index contributed by atoms with van der Waals surface area (Å²) in [5.74, 6) is 1.66. The molecule has 2 rings (SSSR count). The van der Waals surface area contributed by atoms with Crippen LogP contribution in [-0.4, -0.2) is 16.7 Å². The van der Waals surface area contributed by atoms with Crippen molar-refractivity contribution >= 4 is 15.9 Å². The van der Waals surface area contributed by atoms with Crippen LogP contribution in [0.5, 0.6) is 5.75 Å². The molecule has 0 bridgehead atoms. The van der Waals surface area contributed by atoms with Gasteiger partial charge in [0, 0.05) is 12.6 Å². The van der Waals surface area contributed by atoms with Crippen molar-refractivity contribution in [3.05, 3.63) is 33.7 Å². The lowest BCUT2D eigenvalue weighted by molar-refractivity contribution is 0.416. The molecule has 0 fully saturated rings. The van der Waals surface area contributed by atoms with Gasteiger partial charge in [0.15, 0.2) is 0 Å². The van der Waals surface area contributed by atoms with Crippen molar-refractivity contribution in [2.45, 2.75) is 20.4 Å². The Balaban J connectivity index is 2.68. The molecule has 0 aliphatic heterocycles. The molecule has 0 saturated carbocycles. The van der Waals surface area contributed by atoms with Gasteiger partial charge in [-0.15, -0.1) is 0 Å². The standard InChI is InChI=1S/C14H18BrN3O/c1-8-5-10(11(19-4)6-9(8)2)13-14(15)18(3)12(7-16)17-13/h5-6H,7,16H2,1-4H3. The quantitative estimate of drug-likeness (QED) is 0.944. The SMILES string of the molecule is COc1cc(C)c(C)cc1-c1nc(CN)n(C)c1Br. The Morgan fingerprint density at radius 3 is 2.47 bits per heavy atom. The van der Waals surface area contributed by atoms with E-state index in [-0.39, 0.29) is 0 Å². The number of benzene rings is 1. The molecule has 5 heteroatoms. The van der Waals surface area contributed by atoms with E-state index in [2.05, 4.69) is 40.8 Å². The van der Waals surface area contributed by atoms with Crippen molar-refractivity contribution in [3.63, 3.8) is 0 Å². The largest absolute Gasteiger partial charge is 0.496 e. The number of hydrogen-bond acceptors (Lipinski definition) is 3. The maximum absolute atomic E-state index is 5.70. The molecule has 0 unspecified atom stereocenters. The molecule has 1 heterocycles. The van der Waals surface area contributed by atoms with Crippen molar-refractivity contribution in [2.75, 3.05) is 7.11 Å². The van der Waals surface area contributed by atoms with Gasteiger partial charge in [0.1, 0.15) is 21.9 Å². The van der Waals surface area contributed by atoms with Crippen LogP contribution in [0, 0.1) is 13.8 Å². The van der Waals surface area contributed by atoms with Crippen LogP contribution in [0.25, 0.3) is 11.3 Å². The number of nitrogens with two attached hydrogens (primary N) is 1. The molecule has 2 aromatic rings. The number of nitrogens with zero attached hydrogens (tertiary/aromatic N) is 2. The number of imidazole rings is 1. The van der Waals surface area contributed by atoms with E-state index >= 15 is 0 Å². The number of halogens is 1. The molecule has 0 amide bonds. The Hall–Kier alpha value is -1.33. The number of aryl methyl sites for hydroxylation is 2. The Kier molecular flexibility index (Phi) is 3.96. The summed E-state index contributed by atoms with van der Waals surface area (Å²) in [5.41, 5.74) is 9.95. The lowest BCUT2D eigenvalue weighted by Gasteiger charge is -2.10. The van der Waals surface area contributed by atoms with Crippen LogP contribution in [-0.2, 0) is 13.6 Å². The molecule has 0 radical (unpaired) electrons. The summed E-state index contributed by atoms with van der Waals surface area (Å²) in [4.78, 5) is 4.59. The van der Waals surface area contributed by atoms with E-state index < -0.39 is 0 Å². The van der Waals surface area contributed by atoms with Crippen LogP contribution in [0.2, 0.25) is 0 Å². The van der Waals surface area contributed by atoms with E-state index in [1.807, 2.05) is 17.7 Å². The highest BCUT2D eigenvalue weighted by molar-refractivity contribution is 9.10. The van der Waals surface area contributed by atoms with Gasteiger partial charge in [0.05, 0.1) is 13.7 Å². The highest BCUT2D eigenvalue weighted by Gasteiger charge is 2.17. The number of hydrogen-bond donors (Lipinski definition) is 1. The fraction of sp³-hybridized carbons (Fsp3) is 0.357. The van der Waals surface area contributed by atoms with Crippen LogP contribution in [0.3, 0.4) is 0 Å². The smallest absolute Gasteiger partial charge is 0.128 e. The van der Waals surface area contributed by atoms with E-state index in [0.29, 0.717) is 6.54 Å². The van der Waals surface area contributed by atoms with Crippen molar-refractivity contribution in [1.82, 2.24) is 9.55 Å². The summed E-state index contributed by atoms with van der Waals surface area (Å²) >= 11 is 3.57. The predicted octanol–water partition coefficient (Wildman–Crippen LogP) is 2.93. The molecule has 1 aromatic heterocycles. The van der Waals surface area contributed by atoms with Gasteiger partial charge in [-0.05, 0) is 53.0 Å². The third kappa shape index (κ3) is 2.40. The first-order valence-electron chi connectivity index (χ1n) is 6.06. The first-order valence-corrected chi connectivity index (χ1v) is 6.85. The minimum Gasteiger partial charge on any atom is -0.496 e. The molecule has 1 aromatic carbocycles. The molecule has 4 nitrogen and oxygen atoms in total. The molecule has 0 aliphatic carbocycles. The average molecular weight is 324 g/mol. The van der Waals surface area contributed by atoms with Gasteiger partial charge in [0.25, 0.3) is 0 Å². The highest BCUT2D eigenvalue weighted by atomic mass is 79.9. The minimum atomic E-state index is 0.405. The van der Waals surface area contributed by atoms with Crippen LogP contribution in [0.15, 0.2) is 16.7 Å². The second-order valence-corrected chi connectivity index (χ2v) is 5.32. The third-order valence-corrected chi connectivity index (χ3v) is 4.28. The first-order chi connectivity index (χ1) is 8.99. The Morgan fingerprint density at radius 2 is 1.95 bits per heavy atom. The first kappa shape index (κ1) is 14.1. The summed E-state index contributed by atoms with van der Waals surface area (Å²) in [6.45, 7) is 4.56. The summed E-state index contributed by atoms with van der Waals surface area (Å²) in [7, 11) is 3.62. The van der Waals surface area contributed by atoms with Gasteiger partial charge in [-0.1, -0.05) is 0 Å². The maximum Gasteiger partial charge on any atom is 0.128 e. The van der Waals surface area contributed by atoms with Gasteiger partial charge < -0.3 is 15.0 Å². The highest BCUT2D eigenvalue weighted by Crippen LogP contribution is 2.36. The molecule has 0 saturated heterocycles. The molecule has 19 heavy (non-hydrogen) atoms. The second kappa shape index (κ2) is 5.35. The number of methoxy groups -OCH3 is 1. The fourth-order valence-corrected chi connectivity index (χ4v) is 2.53. The molecule has 0 aliphatic rings. The van der Waals surface area contributed by atoms with Crippen LogP contribution in [0.1, 0.15) is 17.0 Å². The van der Waals surface area contributed by atoms with Gasteiger partial charge in [-0.2, -0.15) is 0 Å². The predicted molar refractivity (Wildman–Crippen MR) is 80.3 cm³/mol. The minimum absolute atomic E-state index is 0.405. The van der Waals surface area contributed by atoms with E-state index in [9.17, 15) is 0 Å². The van der Waals surface area contributed by atoms with Gasteiger partial charge in [-0.3, -0.25) is 0 Å². The Labute approximate surface area is 121 Å². The van der Waals surface area contributed by atoms with Crippen molar-refractivity contribution in [1.29, 1.82) is 0 Å². The molecule has 0 spiro atoms. The maximum atomic E-state index is 5.70. The van der Waals surface area contributed by atoms with E-state index in [1.165, 1.54) is 11.1 Å². The van der Waals surface area contributed by atoms with Crippen LogP contribution < -0.4 is 10.5 Å². The summed E-state index contributed by atoms with van der Waals surface area (Å²) in [6, 6.07) is 4.13. The zero-order valence-electron chi connectivity index (χ0n) is 11.6. The summed E-state index contributed by atoms with van der Waals surface area (Å²) < 4.78 is 8.33. The lowest BCUT2D eigenvalue weighted by Crippen LogP contribution is -2.04. The van der Waals surface area contributed by atoms with E-state index in [4.69, 9.17) is 10.5 Å². The molecule has 2 N–H and O–H groups in total. The van der Waals surface area contributed by atoms with Crippen molar-refractivity contribution in [2.24, 2.45) is 12.8 Å². The lowest BCUT2D eigenvalue weighted by atomic mass is 10.0. The number of rotatable bonds is 3. The number of ether oxygens (including phenoxy) is 1. The fourth-order valence-electron chi connectivity index (χ4n) is 2.02. The Bertz CT molecular complexity index is 620. The zero-order valence-corrected chi connectivity index (χ0v) is 13.2. The van der Waals surface area contributed by atoms with Crippen LogP contribution >= 0.6 is 15.9 Å². The second-order valence-electron chi connectivity index (χ2n) is 4.57. The summed E-state index contributed by atoms with van der Waals surface area (Å²) in [6.07, 6.45) is 0. The van der Waals surface area contributed by atoms with Gasteiger partial charge in [-0.25, -0.2) is 4.98 Å². The topological polar surface area (TPSA) is 53.1 Å². The van der Waals surface area contributed by atoms with Crippen molar-refractivity contribution < 1.29 is 4.74 Å². The van der Waals surface area contributed by atoms with E-state index in [1.54, 1.807) is 7.11 Å². The summed E-state index contributed by atoms with van der Waals surface area (Å²) in [5, 5.41) is 0. The molecule has 102 valence electrons. The van der Waals surface area contributed by atoms with Crippen LogP contribution in [0.4, 0.5) is 0 Å². The molecule has 0 atom stereocenters. The third-order valence-electron chi connectivity index (χ3n) is 3.37. The van der Waals surface area contributed by atoms with Gasteiger partial charge >= 0.3 is 0 Å². The zero-order chi connectivity index (χ0) is 14.2. The average Bonchev–Trinajstić information content (AvgIpc) is 2.69. The normalized spacial score (nSPS) is 10.8. The molecular weight excluding hydrogens is 306 g/mol. The molecular formula is C14H18BrN3O. The number of aromatic nitrogens is 2.